The van der Waals surface area contributed by atoms with E-state index in [9.17, 15) is 9.59 Å². The Balaban J connectivity index is 2.64. The Hall–Kier alpha value is -1.27. The highest BCUT2D eigenvalue weighted by atomic mass is 32.1. The molecule has 0 saturated carbocycles. The van der Waals surface area contributed by atoms with Crippen LogP contribution in [0, 0.1) is 12.8 Å². The molecule has 6 heteroatoms. The lowest BCUT2D eigenvalue weighted by Crippen LogP contribution is -2.31. The number of carbonyl (C=O) groups excluding carboxylic acids is 2. The zero-order chi connectivity index (χ0) is 13.7. The number of hydrogen-bond donors (Lipinski definition) is 1. The summed E-state index contributed by atoms with van der Waals surface area (Å²) >= 11 is 1.29. The van der Waals surface area contributed by atoms with E-state index in [2.05, 4.69) is 10.3 Å². The lowest BCUT2D eigenvalue weighted by molar-refractivity contribution is -0.120. The SMILES string of the molecule is COCc1nc(C)c(C(=O)NCC(=O)C(C)C)s1. The van der Waals surface area contributed by atoms with Crippen LogP contribution in [0.15, 0.2) is 0 Å². The fourth-order valence-corrected chi connectivity index (χ4v) is 2.25. The van der Waals surface area contributed by atoms with E-state index in [0.717, 1.165) is 5.01 Å². The molecule has 0 unspecified atom stereocenters. The lowest BCUT2D eigenvalue weighted by Gasteiger charge is -2.05. The largest absolute Gasteiger partial charge is 0.378 e. The fourth-order valence-electron chi connectivity index (χ4n) is 1.30. The number of amides is 1. The van der Waals surface area contributed by atoms with Gasteiger partial charge >= 0.3 is 0 Å². The van der Waals surface area contributed by atoms with Crippen LogP contribution < -0.4 is 5.32 Å². The molecule has 1 heterocycles. The van der Waals surface area contributed by atoms with Crippen LogP contribution in [0.3, 0.4) is 0 Å². The first kappa shape index (κ1) is 14.8. The quantitative estimate of drug-likeness (QED) is 0.851. The van der Waals surface area contributed by atoms with Crippen molar-refractivity contribution in [2.75, 3.05) is 13.7 Å². The maximum absolute atomic E-state index is 11.9. The molecule has 0 bridgehead atoms. The third-order valence-corrected chi connectivity index (χ3v) is 3.51. The Morgan fingerprint density at radius 1 is 1.44 bits per heavy atom. The zero-order valence-electron chi connectivity index (χ0n) is 11.1. The van der Waals surface area contributed by atoms with E-state index < -0.39 is 0 Å². The Kier molecular flexibility index (Phi) is 5.43. The van der Waals surface area contributed by atoms with Gasteiger partial charge in [0.2, 0.25) is 0 Å². The average molecular weight is 270 g/mol. The maximum atomic E-state index is 11.9. The summed E-state index contributed by atoms with van der Waals surface area (Å²) in [7, 11) is 1.58. The second-order valence-corrected chi connectivity index (χ2v) is 5.34. The molecule has 0 saturated heterocycles. The molecular weight excluding hydrogens is 252 g/mol. The lowest BCUT2D eigenvalue weighted by atomic mass is 10.1. The minimum atomic E-state index is -0.249. The number of rotatable bonds is 6. The van der Waals surface area contributed by atoms with Crippen LogP contribution in [-0.4, -0.2) is 30.3 Å². The van der Waals surface area contributed by atoms with Gasteiger partial charge in [0.25, 0.3) is 5.91 Å². The van der Waals surface area contributed by atoms with Gasteiger partial charge in [0.05, 0.1) is 18.8 Å². The summed E-state index contributed by atoms with van der Waals surface area (Å²) < 4.78 is 4.97. The molecule has 1 N–H and O–H groups in total. The Morgan fingerprint density at radius 2 is 2.11 bits per heavy atom. The van der Waals surface area contributed by atoms with Gasteiger partial charge in [0.15, 0.2) is 5.78 Å². The highest BCUT2D eigenvalue weighted by molar-refractivity contribution is 7.13. The van der Waals surface area contributed by atoms with E-state index >= 15 is 0 Å². The number of ether oxygens (including phenoxy) is 1. The van der Waals surface area contributed by atoms with Gasteiger partial charge < -0.3 is 10.1 Å². The van der Waals surface area contributed by atoms with Crippen LogP contribution in [0.5, 0.6) is 0 Å². The molecule has 100 valence electrons. The van der Waals surface area contributed by atoms with Gasteiger partial charge in [-0.15, -0.1) is 11.3 Å². The van der Waals surface area contributed by atoms with Crippen LogP contribution in [0.4, 0.5) is 0 Å². The van der Waals surface area contributed by atoms with Gasteiger partial charge in [-0.3, -0.25) is 9.59 Å². The van der Waals surface area contributed by atoms with Gasteiger partial charge in [-0.2, -0.15) is 0 Å². The Morgan fingerprint density at radius 3 is 2.67 bits per heavy atom. The predicted molar refractivity (Wildman–Crippen MR) is 69.7 cm³/mol. The molecule has 1 aromatic rings. The summed E-state index contributed by atoms with van der Waals surface area (Å²) in [5.41, 5.74) is 0.668. The van der Waals surface area contributed by atoms with Crippen LogP contribution >= 0.6 is 11.3 Å². The topological polar surface area (TPSA) is 68.3 Å². The van der Waals surface area contributed by atoms with E-state index in [1.165, 1.54) is 11.3 Å². The number of nitrogens with zero attached hydrogens (tertiary/aromatic N) is 1. The van der Waals surface area contributed by atoms with E-state index in [1.807, 2.05) is 13.8 Å². The molecule has 0 aromatic carbocycles. The summed E-state index contributed by atoms with van der Waals surface area (Å²) in [5, 5.41) is 3.38. The van der Waals surface area contributed by atoms with E-state index in [0.29, 0.717) is 17.2 Å². The normalized spacial score (nSPS) is 10.7. The molecule has 1 rings (SSSR count). The molecule has 0 spiro atoms. The van der Waals surface area contributed by atoms with Crippen molar-refractivity contribution in [2.45, 2.75) is 27.4 Å². The number of aromatic nitrogens is 1. The highest BCUT2D eigenvalue weighted by Crippen LogP contribution is 2.18. The van der Waals surface area contributed by atoms with E-state index in [4.69, 9.17) is 4.74 Å². The third kappa shape index (κ3) is 3.89. The minimum absolute atomic E-state index is 0.0163. The van der Waals surface area contributed by atoms with Gasteiger partial charge in [-0.05, 0) is 6.92 Å². The van der Waals surface area contributed by atoms with Crippen molar-refractivity contribution in [3.05, 3.63) is 15.6 Å². The second-order valence-electron chi connectivity index (χ2n) is 4.26. The number of Topliss-reactive ketones (excluding diaryl/α,β-unsaturated/α-hetero) is 1. The first-order valence-electron chi connectivity index (χ1n) is 5.71. The molecule has 0 aliphatic heterocycles. The van der Waals surface area contributed by atoms with Crippen molar-refractivity contribution >= 4 is 23.0 Å². The van der Waals surface area contributed by atoms with Crippen molar-refractivity contribution < 1.29 is 14.3 Å². The predicted octanol–water partition coefficient (Wildman–Crippen LogP) is 1.55. The number of carbonyl (C=O) groups is 2. The molecule has 0 aliphatic rings. The third-order valence-electron chi connectivity index (χ3n) is 2.38. The number of ketones is 1. The van der Waals surface area contributed by atoms with Gasteiger partial charge in [0, 0.05) is 13.0 Å². The number of aryl methyl sites for hydroxylation is 1. The highest BCUT2D eigenvalue weighted by Gasteiger charge is 2.16. The van der Waals surface area contributed by atoms with Crippen molar-refractivity contribution in [1.82, 2.24) is 10.3 Å². The summed E-state index contributed by atoms with van der Waals surface area (Å²) in [6.45, 7) is 5.85. The van der Waals surface area contributed by atoms with Crippen LogP contribution in [0.2, 0.25) is 0 Å². The summed E-state index contributed by atoms with van der Waals surface area (Å²) in [4.78, 5) is 28.1. The Bertz CT molecular complexity index is 441. The molecule has 1 amide bonds. The van der Waals surface area contributed by atoms with Crippen LogP contribution in [0.25, 0.3) is 0 Å². The number of hydrogen-bond acceptors (Lipinski definition) is 5. The number of thiazole rings is 1. The smallest absolute Gasteiger partial charge is 0.263 e. The first-order valence-corrected chi connectivity index (χ1v) is 6.53. The molecule has 0 atom stereocenters. The minimum Gasteiger partial charge on any atom is -0.378 e. The standard InChI is InChI=1S/C12H18N2O3S/c1-7(2)9(15)5-13-12(16)11-8(3)14-10(18-11)6-17-4/h7H,5-6H2,1-4H3,(H,13,16). The fraction of sp³-hybridized carbons (Fsp3) is 0.583. The van der Waals surface area contributed by atoms with Crippen molar-refractivity contribution in [3.63, 3.8) is 0 Å². The maximum Gasteiger partial charge on any atom is 0.263 e. The van der Waals surface area contributed by atoms with Gasteiger partial charge in [-0.1, -0.05) is 13.8 Å². The van der Waals surface area contributed by atoms with Gasteiger partial charge in [0.1, 0.15) is 9.88 Å². The number of methoxy groups -OCH3 is 1. The van der Waals surface area contributed by atoms with Crippen LogP contribution in [0.1, 0.15) is 34.2 Å². The molecule has 1 aromatic heterocycles. The first-order chi connectivity index (χ1) is 8.45. The summed E-state index contributed by atoms with van der Waals surface area (Å²) in [6.07, 6.45) is 0. The average Bonchev–Trinajstić information content (AvgIpc) is 2.67. The molecule has 18 heavy (non-hydrogen) atoms. The molecule has 0 radical (unpaired) electrons. The monoisotopic (exact) mass is 270 g/mol. The van der Waals surface area contributed by atoms with Crippen LogP contribution in [-0.2, 0) is 16.1 Å². The van der Waals surface area contributed by atoms with E-state index in [1.54, 1.807) is 14.0 Å². The molecular formula is C12H18N2O3S. The molecule has 5 nitrogen and oxygen atoms in total. The summed E-state index contributed by atoms with van der Waals surface area (Å²) in [6, 6.07) is 0. The van der Waals surface area contributed by atoms with Crippen molar-refractivity contribution in [1.29, 1.82) is 0 Å². The zero-order valence-corrected chi connectivity index (χ0v) is 11.9. The molecule has 0 aliphatic carbocycles. The number of nitrogens with one attached hydrogen (secondary N) is 1. The van der Waals surface area contributed by atoms with E-state index in [-0.39, 0.29) is 24.2 Å². The van der Waals surface area contributed by atoms with Crippen molar-refractivity contribution in [2.24, 2.45) is 5.92 Å². The van der Waals surface area contributed by atoms with Gasteiger partial charge in [-0.25, -0.2) is 4.98 Å². The molecule has 0 fully saturated rings. The Labute approximate surface area is 111 Å². The second kappa shape index (κ2) is 6.61. The van der Waals surface area contributed by atoms with Crippen molar-refractivity contribution in [3.8, 4) is 0 Å². The summed E-state index contributed by atoms with van der Waals surface area (Å²) in [5.74, 6) is -0.305.